The predicted molar refractivity (Wildman–Crippen MR) is 129 cm³/mol. The summed E-state index contributed by atoms with van der Waals surface area (Å²) in [5.74, 6) is 0. The number of hydrogen-bond acceptors (Lipinski definition) is 6. The summed E-state index contributed by atoms with van der Waals surface area (Å²) in [6.45, 7) is 7.77. The van der Waals surface area contributed by atoms with Crippen LogP contribution in [0.4, 0.5) is 5.69 Å². The van der Waals surface area contributed by atoms with Crippen LogP contribution in [0.25, 0.3) is 0 Å². The van der Waals surface area contributed by atoms with Crippen molar-refractivity contribution in [1.29, 1.82) is 0 Å². The Balaban J connectivity index is 1.71. The van der Waals surface area contributed by atoms with Crippen molar-refractivity contribution in [3.8, 4) is 0 Å². The average molecular weight is 435 g/mol. The molecule has 1 aliphatic rings. The molecule has 1 aromatic rings. The molecule has 1 aromatic carbocycles. The van der Waals surface area contributed by atoms with Crippen molar-refractivity contribution in [2.75, 3.05) is 57.7 Å². The summed E-state index contributed by atoms with van der Waals surface area (Å²) in [4.78, 5) is 10.3. The molecule has 1 saturated heterocycles. The molecule has 6 N–H and O–H groups in total. The van der Waals surface area contributed by atoms with E-state index < -0.39 is 0 Å². The van der Waals surface area contributed by atoms with Crippen LogP contribution >= 0.6 is 12.2 Å². The van der Waals surface area contributed by atoms with Crippen molar-refractivity contribution in [1.82, 2.24) is 26.6 Å². The minimum Gasteiger partial charge on any atom is -0.362 e. The van der Waals surface area contributed by atoms with E-state index in [1.165, 1.54) is 5.56 Å². The lowest BCUT2D eigenvalue weighted by atomic mass is 10.1. The highest BCUT2D eigenvalue weighted by Gasteiger charge is 2.09. The van der Waals surface area contributed by atoms with Crippen LogP contribution in [0.2, 0.25) is 0 Å². The number of benzene rings is 1. The third kappa shape index (κ3) is 11.6. The van der Waals surface area contributed by atoms with Gasteiger partial charge in [-0.25, -0.2) is 0 Å². The minimum atomic E-state index is 0.409. The van der Waals surface area contributed by atoms with Crippen LogP contribution in [0.3, 0.4) is 0 Å². The summed E-state index contributed by atoms with van der Waals surface area (Å²) >= 11 is 5.37. The molecule has 7 nitrogen and oxygen atoms in total. The van der Waals surface area contributed by atoms with E-state index in [2.05, 4.69) is 56.2 Å². The van der Waals surface area contributed by atoms with E-state index in [1.807, 2.05) is 0 Å². The van der Waals surface area contributed by atoms with Gasteiger partial charge >= 0.3 is 0 Å². The first-order valence-electron chi connectivity index (χ1n) is 11.2. The lowest BCUT2D eigenvalue weighted by molar-refractivity contribution is -0.107. The molecule has 0 spiro atoms. The van der Waals surface area contributed by atoms with Crippen LogP contribution in [0, 0.1) is 0 Å². The second-order valence-electron chi connectivity index (χ2n) is 7.65. The average Bonchev–Trinajstić information content (AvgIpc) is 2.74. The lowest BCUT2D eigenvalue weighted by Gasteiger charge is -2.21. The number of carbonyl (C=O) groups is 1. The Labute approximate surface area is 186 Å². The molecule has 168 valence electrons. The van der Waals surface area contributed by atoms with Crippen molar-refractivity contribution in [3.63, 3.8) is 0 Å². The number of hydrogen-bond donors (Lipinski definition) is 6. The number of aldehydes is 1. The maximum atomic E-state index is 10.3. The number of carbonyl (C=O) groups excluding carboxylic acids is 1. The fourth-order valence-corrected chi connectivity index (χ4v) is 3.60. The molecule has 30 heavy (non-hydrogen) atoms. The summed E-state index contributed by atoms with van der Waals surface area (Å²) in [7, 11) is 0. The molecule has 1 atom stereocenters. The third-order valence-corrected chi connectivity index (χ3v) is 5.31. The van der Waals surface area contributed by atoms with E-state index in [0.717, 1.165) is 90.0 Å². The van der Waals surface area contributed by atoms with Gasteiger partial charge in [-0.1, -0.05) is 18.6 Å². The van der Waals surface area contributed by atoms with Gasteiger partial charge in [0.15, 0.2) is 5.11 Å². The fraction of sp³-hybridized carbons (Fsp3) is 0.636. The van der Waals surface area contributed by atoms with Gasteiger partial charge in [-0.15, -0.1) is 0 Å². The number of rotatable bonds is 9. The normalized spacial score (nSPS) is 18.6. The summed E-state index contributed by atoms with van der Waals surface area (Å²) in [6.07, 6.45) is 5.63. The van der Waals surface area contributed by atoms with Crippen LogP contribution in [0.5, 0.6) is 0 Å². The van der Waals surface area contributed by atoms with Crippen LogP contribution in [-0.2, 0) is 11.2 Å². The molecule has 0 amide bonds. The number of unbranched alkanes of at least 4 members (excludes halogenated alkanes) is 3. The Hall–Kier alpha value is -1.58. The molecule has 0 aliphatic carbocycles. The second kappa shape index (κ2) is 16.2. The van der Waals surface area contributed by atoms with Gasteiger partial charge in [0.25, 0.3) is 0 Å². The van der Waals surface area contributed by atoms with E-state index >= 15 is 0 Å². The zero-order valence-corrected chi connectivity index (χ0v) is 18.8. The molecular weight excluding hydrogens is 396 g/mol. The van der Waals surface area contributed by atoms with Gasteiger partial charge in [-0.05, 0) is 49.2 Å². The predicted octanol–water partition coefficient (Wildman–Crippen LogP) is 1.02. The SMILES string of the molecule is O=CCCCCCNC(=S)Nc1ccc(CC2CNCCNCCNCCN2)cc1. The Kier molecular flexibility index (Phi) is 13.3. The highest BCUT2D eigenvalue weighted by molar-refractivity contribution is 7.80. The van der Waals surface area contributed by atoms with Gasteiger partial charge in [0.2, 0.25) is 0 Å². The standard InChI is InChI=1S/C22H38N6OS/c29-16-4-2-1-3-9-27-22(30)28-20-7-5-19(6-8-20)17-21-18-25-13-12-23-10-11-24-14-15-26-21/h5-8,16,21,23-26H,1-4,9-15,17-18H2,(H2,27,28,30). The summed E-state index contributed by atoms with van der Waals surface area (Å²) in [6, 6.07) is 8.92. The first kappa shape index (κ1) is 24.7. The highest BCUT2D eigenvalue weighted by Crippen LogP contribution is 2.11. The molecular formula is C22H38N6OS. The Morgan fingerprint density at radius 2 is 1.67 bits per heavy atom. The first-order valence-corrected chi connectivity index (χ1v) is 11.6. The van der Waals surface area contributed by atoms with Crippen molar-refractivity contribution < 1.29 is 4.79 Å². The Morgan fingerprint density at radius 3 is 2.40 bits per heavy atom. The second-order valence-corrected chi connectivity index (χ2v) is 8.06. The van der Waals surface area contributed by atoms with Crippen LogP contribution in [-0.4, -0.2) is 69.8 Å². The molecule has 2 rings (SSSR count). The van der Waals surface area contributed by atoms with Crippen molar-refractivity contribution in [2.45, 2.75) is 38.1 Å². The van der Waals surface area contributed by atoms with E-state index in [-0.39, 0.29) is 0 Å². The molecule has 1 unspecified atom stereocenters. The summed E-state index contributed by atoms with van der Waals surface area (Å²) in [5, 5.41) is 21.2. The Morgan fingerprint density at radius 1 is 0.967 bits per heavy atom. The van der Waals surface area contributed by atoms with Gasteiger partial charge in [-0.2, -0.15) is 0 Å². The van der Waals surface area contributed by atoms with Gasteiger partial charge in [0.1, 0.15) is 6.29 Å². The molecule has 1 aliphatic heterocycles. The summed E-state index contributed by atoms with van der Waals surface area (Å²) in [5.41, 5.74) is 2.31. The quantitative estimate of drug-likeness (QED) is 0.195. The van der Waals surface area contributed by atoms with E-state index in [1.54, 1.807) is 0 Å². The third-order valence-electron chi connectivity index (χ3n) is 5.06. The molecule has 1 heterocycles. The van der Waals surface area contributed by atoms with Gasteiger partial charge < -0.3 is 36.7 Å². The zero-order valence-electron chi connectivity index (χ0n) is 18.0. The van der Waals surface area contributed by atoms with Crippen LogP contribution < -0.4 is 31.9 Å². The largest absolute Gasteiger partial charge is 0.362 e. The maximum Gasteiger partial charge on any atom is 0.170 e. The van der Waals surface area contributed by atoms with E-state index in [0.29, 0.717) is 17.6 Å². The Bertz CT molecular complexity index is 586. The molecule has 0 bridgehead atoms. The smallest absolute Gasteiger partial charge is 0.170 e. The molecule has 0 radical (unpaired) electrons. The van der Waals surface area contributed by atoms with Crippen molar-refractivity contribution in [3.05, 3.63) is 29.8 Å². The first-order chi connectivity index (χ1) is 14.8. The van der Waals surface area contributed by atoms with Crippen molar-refractivity contribution in [2.24, 2.45) is 0 Å². The molecule has 1 fully saturated rings. The number of thiocarbonyl (C=S) groups is 1. The number of nitrogens with one attached hydrogen (secondary N) is 6. The van der Waals surface area contributed by atoms with Gasteiger partial charge in [0.05, 0.1) is 0 Å². The van der Waals surface area contributed by atoms with Crippen molar-refractivity contribution >= 4 is 29.3 Å². The summed E-state index contributed by atoms with van der Waals surface area (Å²) < 4.78 is 0. The molecule has 8 heteroatoms. The van der Waals surface area contributed by atoms with Crippen LogP contribution in [0.15, 0.2) is 24.3 Å². The van der Waals surface area contributed by atoms with Gasteiger partial charge in [0, 0.05) is 70.5 Å². The van der Waals surface area contributed by atoms with E-state index in [4.69, 9.17) is 12.2 Å². The highest BCUT2D eigenvalue weighted by atomic mass is 32.1. The monoisotopic (exact) mass is 434 g/mol. The minimum absolute atomic E-state index is 0.409. The number of anilines is 1. The fourth-order valence-electron chi connectivity index (χ4n) is 3.38. The van der Waals surface area contributed by atoms with E-state index in [9.17, 15) is 4.79 Å². The maximum absolute atomic E-state index is 10.3. The van der Waals surface area contributed by atoms with Gasteiger partial charge in [-0.3, -0.25) is 0 Å². The molecule has 0 aromatic heterocycles. The molecule has 0 saturated carbocycles. The van der Waals surface area contributed by atoms with Crippen LogP contribution in [0.1, 0.15) is 31.2 Å². The lowest BCUT2D eigenvalue weighted by Crippen LogP contribution is -2.46. The topological polar surface area (TPSA) is 89.2 Å². The zero-order chi connectivity index (χ0) is 21.3.